The number of aromatic nitrogens is 1. The van der Waals surface area contributed by atoms with E-state index in [0.717, 1.165) is 0 Å². The number of alkyl carbamates (subject to hydrolysis) is 1. The SMILES string of the molecule is CCC(COC(=O)[C@H](N)CC(=O)O)OC(=O)NCc1cccc(NC(=O)Nc2ccc(-c3cnco3)c(OC)c2)c1. The second-order valence-electron chi connectivity index (χ2n) is 8.68. The maximum absolute atomic E-state index is 12.6. The number of urea groups is 1. The first-order valence-corrected chi connectivity index (χ1v) is 12.5. The Kier molecular flexibility index (Phi) is 11.0. The molecule has 0 fully saturated rings. The summed E-state index contributed by atoms with van der Waals surface area (Å²) in [5.41, 5.74) is 7.79. The number of esters is 1. The standard InChI is InChI=1S/C27H31N5O9/c1-3-19(14-39-25(35)21(28)11-24(33)34)41-27(37)30-12-16-5-4-6-17(9-16)31-26(36)32-18-7-8-20(22(10-18)38-2)23-13-29-15-40-23/h4-10,13,15,19,21H,3,11-12,14,28H2,1-2H3,(H,30,37)(H,33,34)(H2,31,32,36)/t19?,21-/m1/s1. The van der Waals surface area contributed by atoms with Gasteiger partial charge in [0.05, 0.1) is 25.3 Å². The Morgan fingerprint density at radius 2 is 1.85 bits per heavy atom. The van der Waals surface area contributed by atoms with Crippen molar-refractivity contribution in [3.05, 3.63) is 60.6 Å². The van der Waals surface area contributed by atoms with Gasteiger partial charge in [-0.3, -0.25) is 9.59 Å². The molecule has 0 aliphatic heterocycles. The van der Waals surface area contributed by atoms with Crippen LogP contribution in [0.25, 0.3) is 11.3 Å². The number of oxazole rings is 1. The molecule has 0 radical (unpaired) electrons. The molecule has 0 bridgehead atoms. The van der Waals surface area contributed by atoms with Crippen LogP contribution in [0.1, 0.15) is 25.3 Å². The molecule has 218 valence electrons. The predicted octanol–water partition coefficient (Wildman–Crippen LogP) is 3.34. The van der Waals surface area contributed by atoms with Crippen molar-refractivity contribution >= 4 is 35.4 Å². The van der Waals surface area contributed by atoms with E-state index < -0.39 is 42.6 Å². The van der Waals surface area contributed by atoms with Crippen LogP contribution in [0.4, 0.5) is 21.0 Å². The van der Waals surface area contributed by atoms with Crippen LogP contribution in [0.5, 0.6) is 5.75 Å². The molecule has 14 nitrogen and oxygen atoms in total. The van der Waals surface area contributed by atoms with Crippen LogP contribution in [-0.2, 0) is 25.6 Å². The van der Waals surface area contributed by atoms with Crippen molar-refractivity contribution in [1.29, 1.82) is 0 Å². The number of carbonyl (C=O) groups is 4. The molecule has 0 aliphatic rings. The number of aliphatic carboxylic acids is 1. The van der Waals surface area contributed by atoms with Crippen LogP contribution in [0, 0.1) is 0 Å². The van der Waals surface area contributed by atoms with Crippen molar-refractivity contribution < 1.29 is 42.9 Å². The average molecular weight is 570 g/mol. The Morgan fingerprint density at radius 1 is 1.10 bits per heavy atom. The van der Waals surface area contributed by atoms with Crippen molar-refractivity contribution in [2.24, 2.45) is 5.73 Å². The maximum Gasteiger partial charge on any atom is 0.407 e. The van der Waals surface area contributed by atoms with E-state index in [9.17, 15) is 19.2 Å². The topological polar surface area (TPSA) is 204 Å². The van der Waals surface area contributed by atoms with Crippen LogP contribution in [0.3, 0.4) is 0 Å². The largest absolute Gasteiger partial charge is 0.496 e. The van der Waals surface area contributed by atoms with E-state index in [0.29, 0.717) is 40.4 Å². The number of nitrogens with zero attached hydrogens (tertiary/aromatic N) is 1. The van der Waals surface area contributed by atoms with E-state index in [1.807, 2.05) is 0 Å². The summed E-state index contributed by atoms with van der Waals surface area (Å²) in [5.74, 6) is -1.11. The minimum atomic E-state index is -1.31. The van der Waals surface area contributed by atoms with Crippen LogP contribution in [0.15, 0.2) is 59.5 Å². The quantitative estimate of drug-likeness (QED) is 0.189. The number of rotatable bonds is 13. The van der Waals surface area contributed by atoms with Crippen LogP contribution in [0.2, 0.25) is 0 Å². The summed E-state index contributed by atoms with van der Waals surface area (Å²) < 4.78 is 20.9. The summed E-state index contributed by atoms with van der Waals surface area (Å²) in [5, 5.41) is 16.8. The van der Waals surface area contributed by atoms with Gasteiger partial charge >= 0.3 is 24.1 Å². The minimum Gasteiger partial charge on any atom is -0.496 e. The summed E-state index contributed by atoms with van der Waals surface area (Å²) in [4.78, 5) is 51.2. The second kappa shape index (κ2) is 14.9. The molecule has 0 spiro atoms. The smallest absolute Gasteiger partial charge is 0.407 e. The van der Waals surface area contributed by atoms with Gasteiger partial charge in [0.1, 0.15) is 24.5 Å². The molecular formula is C27H31N5O9. The molecular weight excluding hydrogens is 538 g/mol. The highest BCUT2D eigenvalue weighted by molar-refractivity contribution is 6.00. The van der Waals surface area contributed by atoms with Crippen molar-refractivity contribution in [2.45, 2.75) is 38.5 Å². The van der Waals surface area contributed by atoms with Gasteiger partial charge in [0, 0.05) is 24.0 Å². The molecule has 6 N–H and O–H groups in total. The number of carbonyl (C=O) groups excluding carboxylic acids is 3. The summed E-state index contributed by atoms with van der Waals surface area (Å²) in [7, 11) is 1.51. The first-order valence-electron chi connectivity index (χ1n) is 12.5. The Morgan fingerprint density at radius 3 is 2.51 bits per heavy atom. The first-order chi connectivity index (χ1) is 19.7. The molecule has 0 aliphatic carbocycles. The Bertz CT molecular complexity index is 1350. The Labute approximate surface area is 235 Å². The number of nitrogens with one attached hydrogen (secondary N) is 3. The van der Waals surface area contributed by atoms with Crippen molar-refractivity contribution in [3.63, 3.8) is 0 Å². The summed E-state index contributed by atoms with van der Waals surface area (Å²) in [6.07, 6.45) is 1.14. The number of benzene rings is 2. The summed E-state index contributed by atoms with van der Waals surface area (Å²) in [6, 6.07) is 10.1. The zero-order valence-corrected chi connectivity index (χ0v) is 22.4. The van der Waals surface area contributed by atoms with Gasteiger partial charge in [-0.15, -0.1) is 0 Å². The highest BCUT2D eigenvalue weighted by Crippen LogP contribution is 2.32. The van der Waals surface area contributed by atoms with Gasteiger partial charge in [0.2, 0.25) is 0 Å². The average Bonchev–Trinajstić information content (AvgIpc) is 3.48. The molecule has 2 atom stereocenters. The first kappa shape index (κ1) is 30.4. The number of hydrogen-bond acceptors (Lipinski definition) is 10. The van der Waals surface area contributed by atoms with Gasteiger partial charge in [-0.05, 0) is 36.2 Å². The van der Waals surface area contributed by atoms with Crippen LogP contribution >= 0.6 is 0 Å². The van der Waals surface area contributed by atoms with Crippen molar-refractivity contribution in [2.75, 3.05) is 24.4 Å². The molecule has 1 unspecified atom stereocenters. The normalized spacial score (nSPS) is 12.0. The Balaban J connectivity index is 1.48. The summed E-state index contributed by atoms with van der Waals surface area (Å²) >= 11 is 0. The molecule has 3 aromatic rings. The second-order valence-corrected chi connectivity index (χ2v) is 8.68. The van der Waals surface area contributed by atoms with Crippen LogP contribution in [-0.4, -0.2) is 60.0 Å². The van der Waals surface area contributed by atoms with Crippen LogP contribution < -0.4 is 26.4 Å². The number of methoxy groups -OCH3 is 1. The van der Waals surface area contributed by atoms with E-state index in [1.165, 1.54) is 13.5 Å². The van der Waals surface area contributed by atoms with Crippen molar-refractivity contribution in [3.8, 4) is 17.1 Å². The van der Waals surface area contributed by atoms with Gasteiger partial charge in [0.15, 0.2) is 12.2 Å². The van der Waals surface area contributed by atoms with Gasteiger partial charge in [-0.25, -0.2) is 14.6 Å². The lowest BCUT2D eigenvalue weighted by Crippen LogP contribution is -2.37. The Hall–Kier alpha value is -5.11. The van der Waals surface area contributed by atoms with E-state index in [-0.39, 0.29) is 13.2 Å². The summed E-state index contributed by atoms with van der Waals surface area (Å²) in [6.45, 7) is 1.55. The third kappa shape index (κ3) is 9.54. The third-order valence-electron chi connectivity index (χ3n) is 5.62. The van der Waals surface area contributed by atoms with E-state index in [4.69, 9.17) is 29.5 Å². The van der Waals surface area contributed by atoms with Gasteiger partial charge in [-0.2, -0.15) is 0 Å². The lowest BCUT2D eigenvalue weighted by Gasteiger charge is -2.18. The van der Waals surface area contributed by atoms with E-state index in [1.54, 1.807) is 55.6 Å². The predicted molar refractivity (Wildman–Crippen MR) is 146 cm³/mol. The highest BCUT2D eigenvalue weighted by atomic mass is 16.6. The van der Waals surface area contributed by atoms with Gasteiger partial charge in [-0.1, -0.05) is 19.1 Å². The fraction of sp³-hybridized carbons (Fsp3) is 0.296. The van der Waals surface area contributed by atoms with Crippen molar-refractivity contribution in [1.82, 2.24) is 10.3 Å². The van der Waals surface area contributed by atoms with E-state index >= 15 is 0 Å². The fourth-order valence-electron chi connectivity index (χ4n) is 3.53. The fourth-order valence-corrected chi connectivity index (χ4v) is 3.53. The van der Waals surface area contributed by atoms with E-state index in [2.05, 4.69) is 20.9 Å². The highest BCUT2D eigenvalue weighted by Gasteiger charge is 2.21. The van der Waals surface area contributed by atoms with Gasteiger partial charge in [0.25, 0.3) is 0 Å². The number of anilines is 2. The lowest BCUT2D eigenvalue weighted by molar-refractivity contribution is -0.151. The monoisotopic (exact) mass is 569 g/mol. The number of ether oxygens (including phenoxy) is 3. The number of carboxylic acids is 1. The number of amides is 3. The minimum absolute atomic E-state index is 0.0932. The molecule has 1 aromatic heterocycles. The zero-order chi connectivity index (χ0) is 29.8. The molecule has 41 heavy (non-hydrogen) atoms. The molecule has 3 amide bonds. The number of nitrogens with two attached hydrogens (primary N) is 1. The maximum atomic E-state index is 12.6. The molecule has 2 aromatic carbocycles. The number of hydrogen-bond donors (Lipinski definition) is 5. The molecule has 3 rings (SSSR count). The molecule has 1 heterocycles. The number of carboxylic acid groups (broad SMARTS) is 1. The molecule has 14 heteroatoms. The molecule has 0 saturated heterocycles. The zero-order valence-electron chi connectivity index (χ0n) is 22.4. The third-order valence-corrected chi connectivity index (χ3v) is 5.62. The van der Waals surface area contributed by atoms with Gasteiger partial charge < -0.3 is 45.4 Å². The molecule has 0 saturated carbocycles. The lowest BCUT2D eigenvalue weighted by atomic mass is 10.1.